The largest absolute Gasteiger partial charge is 0.369 e. The highest BCUT2D eigenvalue weighted by Gasteiger charge is 2.39. The molecule has 0 atom stereocenters. The molecule has 1 aliphatic rings. The molecular formula is C29H34N2O. The first kappa shape index (κ1) is 22.3. The number of benzene rings is 3. The van der Waals surface area contributed by atoms with Crippen molar-refractivity contribution >= 4 is 5.91 Å². The van der Waals surface area contributed by atoms with Gasteiger partial charge in [0.25, 0.3) is 0 Å². The predicted octanol–water partition coefficient (Wildman–Crippen LogP) is 4.90. The summed E-state index contributed by atoms with van der Waals surface area (Å²) in [6.07, 6.45) is 6.41. The SMILES string of the molecule is CN(CCCC(C(N)=O)(c1ccccc1)c1ccccc1)CCc1ccc2c(c1)CCC2. The van der Waals surface area contributed by atoms with Gasteiger partial charge in [-0.2, -0.15) is 0 Å². The van der Waals surface area contributed by atoms with Crippen LogP contribution in [0.5, 0.6) is 0 Å². The predicted molar refractivity (Wildman–Crippen MR) is 132 cm³/mol. The third kappa shape index (κ3) is 4.78. The van der Waals surface area contributed by atoms with Crippen molar-refractivity contribution in [1.29, 1.82) is 0 Å². The number of aryl methyl sites for hydroxylation is 2. The number of nitrogens with zero attached hydrogens (tertiary/aromatic N) is 1. The molecule has 0 radical (unpaired) electrons. The van der Waals surface area contributed by atoms with Gasteiger partial charge in [-0.1, -0.05) is 78.9 Å². The van der Waals surface area contributed by atoms with E-state index in [4.69, 9.17) is 5.73 Å². The van der Waals surface area contributed by atoms with Crippen LogP contribution in [-0.4, -0.2) is 30.9 Å². The minimum atomic E-state index is -0.802. The van der Waals surface area contributed by atoms with Crippen LogP contribution in [0.25, 0.3) is 0 Å². The van der Waals surface area contributed by atoms with Crippen molar-refractivity contribution in [2.24, 2.45) is 5.73 Å². The molecule has 0 bridgehead atoms. The number of nitrogens with two attached hydrogens (primary N) is 1. The van der Waals surface area contributed by atoms with Crippen molar-refractivity contribution < 1.29 is 4.79 Å². The second kappa shape index (κ2) is 10.1. The van der Waals surface area contributed by atoms with Gasteiger partial charge >= 0.3 is 0 Å². The first-order valence-electron chi connectivity index (χ1n) is 11.8. The molecule has 0 aliphatic heterocycles. The quantitative estimate of drug-likeness (QED) is 0.501. The van der Waals surface area contributed by atoms with Crippen molar-refractivity contribution in [3.63, 3.8) is 0 Å². The number of hydrogen-bond donors (Lipinski definition) is 1. The van der Waals surface area contributed by atoms with E-state index in [1.165, 1.54) is 30.4 Å². The number of carbonyl (C=O) groups excluding carboxylic acids is 1. The van der Waals surface area contributed by atoms with Gasteiger partial charge in [0.15, 0.2) is 0 Å². The molecule has 2 N–H and O–H groups in total. The number of amides is 1. The third-order valence-electron chi connectivity index (χ3n) is 6.99. The molecule has 3 nitrogen and oxygen atoms in total. The maximum absolute atomic E-state index is 12.9. The number of carbonyl (C=O) groups is 1. The van der Waals surface area contributed by atoms with Crippen LogP contribution in [-0.2, 0) is 29.5 Å². The lowest BCUT2D eigenvalue weighted by Crippen LogP contribution is -2.43. The summed E-state index contributed by atoms with van der Waals surface area (Å²) < 4.78 is 0. The highest BCUT2D eigenvalue weighted by atomic mass is 16.1. The zero-order chi connectivity index (χ0) is 22.4. The van der Waals surface area contributed by atoms with Crippen LogP contribution in [0.3, 0.4) is 0 Å². The topological polar surface area (TPSA) is 46.3 Å². The van der Waals surface area contributed by atoms with Crippen LogP contribution in [0.1, 0.15) is 47.1 Å². The second-order valence-corrected chi connectivity index (χ2v) is 9.12. The van der Waals surface area contributed by atoms with Crippen LogP contribution < -0.4 is 5.73 Å². The number of hydrogen-bond acceptors (Lipinski definition) is 2. The molecule has 0 saturated heterocycles. The Morgan fingerprint density at radius 2 is 1.50 bits per heavy atom. The summed E-state index contributed by atoms with van der Waals surface area (Å²) in [7, 11) is 2.17. The Morgan fingerprint density at radius 1 is 0.875 bits per heavy atom. The Hall–Kier alpha value is -2.91. The fraction of sp³-hybridized carbons (Fsp3) is 0.345. The van der Waals surface area contributed by atoms with Gasteiger partial charge in [0.05, 0.1) is 5.41 Å². The Kier molecular flexibility index (Phi) is 7.06. The van der Waals surface area contributed by atoms with E-state index in [-0.39, 0.29) is 5.91 Å². The van der Waals surface area contributed by atoms with E-state index < -0.39 is 5.41 Å². The molecule has 166 valence electrons. The zero-order valence-electron chi connectivity index (χ0n) is 19.1. The summed E-state index contributed by atoms with van der Waals surface area (Å²) in [5.41, 5.74) is 11.7. The van der Waals surface area contributed by atoms with Crippen molar-refractivity contribution in [3.05, 3.63) is 107 Å². The van der Waals surface area contributed by atoms with Crippen molar-refractivity contribution in [3.8, 4) is 0 Å². The lowest BCUT2D eigenvalue weighted by molar-refractivity contribution is -0.122. The van der Waals surface area contributed by atoms with Crippen LogP contribution >= 0.6 is 0 Å². The first-order chi connectivity index (χ1) is 15.6. The van der Waals surface area contributed by atoms with Gasteiger partial charge < -0.3 is 10.6 Å². The molecule has 3 heteroatoms. The molecule has 0 spiro atoms. The normalized spacial score (nSPS) is 13.3. The maximum atomic E-state index is 12.9. The Morgan fingerprint density at radius 3 is 2.12 bits per heavy atom. The van der Waals surface area contributed by atoms with E-state index in [1.54, 1.807) is 5.56 Å². The van der Waals surface area contributed by atoms with Gasteiger partial charge in [0, 0.05) is 6.54 Å². The minimum absolute atomic E-state index is 0.282. The van der Waals surface area contributed by atoms with Gasteiger partial charge in [-0.05, 0) is 79.9 Å². The lowest BCUT2D eigenvalue weighted by Gasteiger charge is -2.32. The van der Waals surface area contributed by atoms with Gasteiger partial charge in [-0.15, -0.1) is 0 Å². The summed E-state index contributed by atoms with van der Waals surface area (Å²) >= 11 is 0. The van der Waals surface area contributed by atoms with E-state index in [0.717, 1.165) is 37.1 Å². The number of rotatable bonds is 10. The molecule has 0 aromatic heterocycles. The Balaban J connectivity index is 1.41. The summed E-state index contributed by atoms with van der Waals surface area (Å²) in [4.78, 5) is 15.3. The summed E-state index contributed by atoms with van der Waals surface area (Å²) in [5, 5.41) is 0. The standard InChI is InChI=1S/C29H34N2O/c1-31(21-18-23-16-17-24-10-8-11-25(24)22-23)20-9-19-29(28(30)32,26-12-4-2-5-13-26)27-14-6-3-7-15-27/h2-7,12-17,22H,8-11,18-21H2,1H3,(H2,30,32). The van der Waals surface area contributed by atoms with E-state index in [1.807, 2.05) is 60.7 Å². The monoisotopic (exact) mass is 426 g/mol. The van der Waals surface area contributed by atoms with E-state index in [0.29, 0.717) is 6.42 Å². The highest BCUT2D eigenvalue weighted by molar-refractivity contribution is 5.90. The summed E-state index contributed by atoms with van der Waals surface area (Å²) in [5.74, 6) is -0.282. The van der Waals surface area contributed by atoms with Gasteiger partial charge in [-0.25, -0.2) is 0 Å². The Bertz CT molecular complexity index is 990. The minimum Gasteiger partial charge on any atom is -0.369 e. The molecule has 0 heterocycles. The molecule has 3 aromatic carbocycles. The number of fused-ring (bicyclic) bond motifs is 1. The smallest absolute Gasteiger partial charge is 0.232 e. The van der Waals surface area contributed by atoms with Gasteiger partial charge in [-0.3, -0.25) is 4.79 Å². The third-order valence-corrected chi connectivity index (χ3v) is 6.99. The average molecular weight is 427 g/mol. The fourth-order valence-electron chi connectivity index (χ4n) is 5.13. The van der Waals surface area contributed by atoms with Crippen LogP contribution in [0, 0.1) is 0 Å². The zero-order valence-corrected chi connectivity index (χ0v) is 19.1. The van der Waals surface area contributed by atoms with E-state index in [2.05, 4.69) is 30.1 Å². The summed E-state index contributed by atoms with van der Waals surface area (Å²) in [6.45, 7) is 1.94. The number of likely N-dealkylation sites (N-methyl/N-ethyl adjacent to an activating group) is 1. The van der Waals surface area contributed by atoms with E-state index >= 15 is 0 Å². The molecular weight excluding hydrogens is 392 g/mol. The molecule has 1 amide bonds. The van der Waals surface area contributed by atoms with Gasteiger partial charge in [0.1, 0.15) is 0 Å². The van der Waals surface area contributed by atoms with Crippen molar-refractivity contribution in [1.82, 2.24) is 4.90 Å². The molecule has 1 aliphatic carbocycles. The van der Waals surface area contributed by atoms with Crippen molar-refractivity contribution in [2.45, 2.75) is 43.9 Å². The highest BCUT2D eigenvalue weighted by Crippen LogP contribution is 2.36. The molecule has 4 rings (SSSR count). The Labute approximate surface area is 192 Å². The van der Waals surface area contributed by atoms with Crippen molar-refractivity contribution in [2.75, 3.05) is 20.1 Å². The first-order valence-corrected chi connectivity index (χ1v) is 11.8. The van der Waals surface area contributed by atoms with Crippen LogP contribution in [0.2, 0.25) is 0 Å². The average Bonchev–Trinajstić information content (AvgIpc) is 3.29. The number of primary amides is 1. The van der Waals surface area contributed by atoms with Crippen LogP contribution in [0.15, 0.2) is 78.9 Å². The fourth-order valence-corrected chi connectivity index (χ4v) is 5.13. The molecule has 0 fully saturated rings. The lowest BCUT2D eigenvalue weighted by atomic mass is 9.70. The summed E-state index contributed by atoms with van der Waals surface area (Å²) in [6, 6.07) is 27.0. The van der Waals surface area contributed by atoms with E-state index in [9.17, 15) is 4.79 Å². The molecule has 32 heavy (non-hydrogen) atoms. The van der Waals surface area contributed by atoms with Gasteiger partial charge in [0.2, 0.25) is 5.91 Å². The molecule has 0 saturated carbocycles. The molecule has 0 unspecified atom stereocenters. The maximum Gasteiger partial charge on any atom is 0.232 e. The molecule has 3 aromatic rings. The van der Waals surface area contributed by atoms with Crippen LogP contribution in [0.4, 0.5) is 0 Å². The second-order valence-electron chi connectivity index (χ2n) is 9.12.